The quantitative estimate of drug-likeness (QED) is 0.639. The van der Waals surface area contributed by atoms with Gasteiger partial charge in [0.2, 0.25) is 10.0 Å². The fourth-order valence-corrected chi connectivity index (χ4v) is 3.44. The lowest BCUT2D eigenvalue weighted by Gasteiger charge is -2.09. The van der Waals surface area contributed by atoms with Crippen LogP contribution in [0.3, 0.4) is 0 Å². The van der Waals surface area contributed by atoms with Crippen molar-refractivity contribution >= 4 is 21.6 Å². The molecule has 7 nitrogen and oxygen atoms in total. The predicted molar refractivity (Wildman–Crippen MR) is 106 cm³/mol. The Kier molecular flexibility index (Phi) is 6.03. The van der Waals surface area contributed by atoms with Gasteiger partial charge in [0.05, 0.1) is 12.0 Å². The van der Waals surface area contributed by atoms with Crippen molar-refractivity contribution in [2.75, 3.05) is 12.4 Å². The van der Waals surface area contributed by atoms with Crippen LogP contribution in [0.15, 0.2) is 78.0 Å². The van der Waals surface area contributed by atoms with Crippen molar-refractivity contribution in [2.45, 2.75) is 11.4 Å². The number of nitrogens with zero attached hydrogens (tertiary/aromatic N) is 1. The van der Waals surface area contributed by atoms with Gasteiger partial charge in [-0.3, -0.25) is 9.78 Å². The molecule has 1 amide bonds. The Bertz CT molecular complexity index is 1040. The molecule has 2 N–H and O–H groups in total. The number of benzene rings is 2. The number of methoxy groups -OCH3 is 1. The zero-order valence-electron chi connectivity index (χ0n) is 15.1. The fraction of sp³-hybridized carbons (Fsp3) is 0.100. The summed E-state index contributed by atoms with van der Waals surface area (Å²) in [7, 11) is -2.12. The predicted octanol–water partition coefficient (Wildman–Crippen LogP) is 2.82. The van der Waals surface area contributed by atoms with Gasteiger partial charge in [0, 0.05) is 30.2 Å². The van der Waals surface area contributed by atoms with Gasteiger partial charge < -0.3 is 10.1 Å². The highest BCUT2D eigenvalue weighted by atomic mass is 32.2. The van der Waals surface area contributed by atoms with E-state index in [2.05, 4.69) is 15.0 Å². The van der Waals surface area contributed by atoms with Crippen molar-refractivity contribution in [3.05, 3.63) is 84.2 Å². The summed E-state index contributed by atoms with van der Waals surface area (Å²) in [6.45, 7) is 0.157. The molecule has 1 heterocycles. The summed E-state index contributed by atoms with van der Waals surface area (Å²) >= 11 is 0. The van der Waals surface area contributed by atoms with Crippen LogP contribution in [0, 0.1) is 0 Å². The normalized spacial score (nSPS) is 11.0. The number of hydrogen-bond donors (Lipinski definition) is 2. The van der Waals surface area contributed by atoms with Crippen molar-refractivity contribution in [3.63, 3.8) is 0 Å². The number of carbonyl (C=O) groups excluding carboxylic acids is 1. The number of sulfonamides is 1. The van der Waals surface area contributed by atoms with Gasteiger partial charge in [0.15, 0.2) is 0 Å². The number of ether oxygens (including phenoxy) is 1. The van der Waals surface area contributed by atoms with Crippen LogP contribution in [0.1, 0.15) is 15.9 Å². The second-order valence-corrected chi connectivity index (χ2v) is 7.65. The van der Waals surface area contributed by atoms with Crippen molar-refractivity contribution in [2.24, 2.45) is 0 Å². The molecule has 0 aliphatic heterocycles. The Morgan fingerprint density at radius 1 is 0.964 bits per heavy atom. The van der Waals surface area contributed by atoms with E-state index in [1.165, 1.54) is 24.3 Å². The Morgan fingerprint density at radius 3 is 2.21 bits per heavy atom. The molecule has 0 saturated heterocycles. The third kappa shape index (κ3) is 4.93. The number of hydrogen-bond acceptors (Lipinski definition) is 5. The van der Waals surface area contributed by atoms with Crippen LogP contribution in [0.5, 0.6) is 5.75 Å². The second-order valence-electron chi connectivity index (χ2n) is 5.89. The van der Waals surface area contributed by atoms with E-state index < -0.39 is 10.0 Å². The molecule has 0 spiro atoms. The Balaban J connectivity index is 1.65. The fourth-order valence-electron chi connectivity index (χ4n) is 2.43. The van der Waals surface area contributed by atoms with Crippen LogP contribution in [0.25, 0.3) is 0 Å². The van der Waals surface area contributed by atoms with Crippen LogP contribution in [-0.4, -0.2) is 26.4 Å². The van der Waals surface area contributed by atoms with E-state index in [0.717, 1.165) is 5.56 Å². The maximum absolute atomic E-state index is 12.4. The summed E-state index contributed by atoms with van der Waals surface area (Å²) in [4.78, 5) is 16.3. The molecule has 3 rings (SSSR count). The van der Waals surface area contributed by atoms with E-state index in [-0.39, 0.29) is 17.3 Å². The maximum atomic E-state index is 12.4. The third-order valence-electron chi connectivity index (χ3n) is 3.99. The number of nitrogens with one attached hydrogen (secondary N) is 2. The molecule has 0 radical (unpaired) electrons. The molecule has 0 aliphatic carbocycles. The lowest BCUT2D eigenvalue weighted by atomic mass is 10.2. The summed E-state index contributed by atoms with van der Waals surface area (Å²) in [5, 5.41) is 2.75. The van der Waals surface area contributed by atoms with E-state index in [1.807, 2.05) is 0 Å². The number of amides is 1. The van der Waals surface area contributed by atoms with E-state index in [9.17, 15) is 13.2 Å². The molecule has 0 unspecified atom stereocenters. The number of carbonyl (C=O) groups is 1. The SMILES string of the molecule is COc1ccc(NC(=O)c2ccc(S(=O)(=O)NCc3ccncc3)cc2)cc1. The maximum Gasteiger partial charge on any atom is 0.255 e. The monoisotopic (exact) mass is 397 g/mol. The van der Waals surface area contributed by atoms with Gasteiger partial charge >= 0.3 is 0 Å². The molecule has 0 aliphatic rings. The average Bonchev–Trinajstić information content (AvgIpc) is 2.74. The number of aromatic nitrogens is 1. The molecule has 0 fully saturated rings. The lowest BCUT2D eigenvalue weighted by molar-refractivity contribution is 0.102. The number of rotatable bonds is 7. The molecular formula is C20H19N3O4S. The largest absolute Gasteiger partial charge is 0.497 e. The number of pyridine rings is 1. The summed E-state index contributed by atoms with van der Waals surface area (Å²) in [5.74, 6) is 0.352. The van der Waals surface area contributed by atoms with E-state index in [4.69, 9.17) is 4.74 Å². The van der Waals surface area contributed by atoms with Gasteiger partial charge in [-0.15, -0.1) is 0 Å². The van der Waals surface area contributed by atoms with Crippen molar-refractivity contribution in [3.8, 4) is 5.75 Å². The Hall–Kier alpha value is -3.23. The zero-order chi connectivity index (χ0) is 20.0. The first-order valence-corrected chi connectivity index (χ1v) is 9.90. The molecule has 0 atom stereocenters. The van der Waals surface area contributed by atoms with Crippen LogP contribution in [-0.2, 0) is 16.6 Å². The number of anilines is 1. The first kappa shape index (κ1) is 19.5. The van der Waals surface area contributed by atoms with Crippen LogP contribution in [0.2, 0.25) is 0 Å². The van der Waals surface area contributed by atoms with Gasteiger partial charge in [-0.1, -0.05) is 0 Å². The molecular weight excluding hydrogens is 378 g/mol. The van der Waals surface area contributed by atoms with Crippen molar-refractivity contribution < 1.29 is 17.9 Å². The van der Waals surface area contributed by atoms with E-state index in [1.54, 1.807) is 55.9 Å². The minimum atomic E-state index is -3.68. The highest BCUT2D eigenvalue weighted by Crippen LogP contribution is 2.17. The first-order chi connectivity index (χ1) is 13.5. The van der Waals surface area contributed by atoms with Gasteiger partial charge in [0.1, 0.15) is 5.75 Å². The van der Waals surface area contributed by atoms with Crippen molar-refractivity contribution in [1.29, 1.82) is 0 Å². The van der Waals surface area contributed by atoms with Gasteiger partial charge in [-0.25, -0.2) is 13.1 Å². The summed E-state index contributed by atoms with van der Waals surface area (Å²) in [5.41, 5.74) is 1.76. The Morgan fingerprint density at radius 2 is 1.61 bits per heavy atom. The molecule has 0 saturated carbocycles. The van der Waals surface area contributed by atoms with Crippen LogP contribution < -0.4 is 14.8 Å². The highest BCUT2D eigenvalue weighted by Gasteiger charge is 2.15. The Labute approximate surface area is 163 Å². The van der Waals surface area contributed by atoms with Gasteiger partial charge in [0.25, 0.3) is 5.91 Å². The molecule has 28 heavy (non-hydrogen) atoms. The van der Waals surface area contributed by atoms with Crippen molar-refractivity contribution in [1.82, 2.24) is 9.71 Å². The molecule has 2 aromatic carbocycles. The van der Waals surface area contributed by atoms with Gasteiger partial charge in [-0.05, 0) is 66.2 Å². The van der Waals surface area contributed by atoms with E-state index >= 15 is 0 Å². The molecule has 8 heteroatoms. The summed E-state index contributed by atoms with van der Waals surface area (Å²) < 4.78 is 32.4. The van der Waals surface area contributed by atoms with Crippen LogP contribution >= 0.6 is 0 Å². The summed E-state index contributed by atoms with van der Waals surface area (Å²) in [6, 6.07) is 16.1. The average molecular weight is 397 g/mol. The highest BCUT2D eigenvalue weighted by molar-refractivity contribution is 7.89. The second kappa shape index (κ2) is 8.64. The van der Waals surface area contributed by atoms with E-state index in [0.29, 0.717) is 17.0 Å². The minimum Gasteiger partial charge on any atom is -0.497 e. The molecule has 1 aromatic heterocycles. The summed E-state index contributed by atoms with van der Waals surface area (Å²) in [6.07, 6.45) is 3.19. The first-order valence-electron chi connectivity index (χ1n) is 8.42. The third-order valence-corrected chi connectivity index (χ3v) is 5.41. The topological polar surface area (TPSA) is 97.4 Å². The smallest absolute Gasteiger partial charge is 0.255 e. The minimum absolute atomic E-state index is 0.0857. The molecule has 0 bridgehead atoms. The zero-order valence-corrected chi connectivity index (χ0v) is 15.9. The standard InChI is InChI=1S/C20H19N3O4S/c1-27-18-6-4-17(5-7-18)23-20(24)16-2-8-19(9-3-16)28(25,26)22-14-15-10-12-21-13-11-15/h2-13,22H,14H2,1H3,(H,23,24). The van der Waals surface area contributed by atoms with Gasteiger partial charge in [-0.2, -0.15) is 0 Å². The lowest BCUT2D eigenvalue weighted by Crippen LogP contribution is -2.23. The molecule has 3 aromatic rings. The van der Waals surface area contributed by atoms with Crippen LogP contribution in [0.4, 0.5) is 5.69 Å². The molecule has 144 valence electrons.